The van der Waals surface area contributed by atoms with Crippen LogP contribution in [0.4, 0.5) is 0 Å². The van der Waals surface area contributed by atoms with E-state index in [0.717, 1.165) is 19.3 Å². The zero-order valence-corrected chi connectivity index (χ0v) is 8.71. The van der Waals surface area contributed by atoms with E-state index >= 15 is 0 Å². The van der Waals surface area contributed by atoms with Gasteiger partial charge in [0, 0.05) is 5.41 Å². The Labute approximate surface area is 85.6 Å². The molecule has 0 aromatic rings. The molecule has 0 bridgehead atoms. The van der Waals surface area contributed by atoms with Gasteiger partial charge in [-0.1, -0.05) is 18.1 Å². The summed E-state index contributed by atoms with van der Waals surface area (Å²) < 4.78 is 0. The maximum Gasteiger partial charge on any atom is 0.0546 e. The van der Waals surface area contributed by atoms with Crippen LogP contribution in [-0.2, 0) is 0 Å². The molecule has 0 aromatic carbocycles. The standard InChI is InChI=1S/C12H20O2/c13-8-12(9-14)7-3-5-10-4-1-2-6-11(10)12/h6,10,13-14H,1-5,7-9H2. The Morgan fingerprint density at radius 2 is 1.93 bits per heavy atom. The minimum absolute atomic E-state index is 0.117. The van der Waals surface area contributed by atoms with Gasteiger partial charge in [-0.25, -0.2) is 0 Å². The Balaban J connectivity index is 2.27. The van der Waals surface area contributed by atoms with Crippen molar-refractivity contribution in [3.8, 4) is 0 Å². The lowest BCUT2D eigenvalue weighted by atomic mass is 9.63. The molecular weight excluding hydrogens is 176 g/mol. The van der Waals surface area contributed by atoms with E-state index in [1.807, 2.05) is 0 Å². The molecule has 0 aromatic heterocycles. The summed E-state index contributed by atoms with van der Waals surface area (Å²) in [5.41, 5.74) is 1.09. The third-order valence-corrected chi connectivity index (χ3v) is 3.99. The van der Waals surface area contributed by atoms with Gasteiger partial charge in [0.05, 0.1) is 13.2 Å². The summed E-state index contributed by atoms with van der Waals surface area (Å²) in [4.78, 5) is 0. The first kappa shape index (κ1) is 10.2. The van der Waals surface area contributed by atoms with E-state index in [1.54, 1.807) is 0 Å². The van der Waals surface area contributed by atoms with Crippen LogP contribution < -0.4 is 0 Å². The molecule has 2 aliphatic carbocycles. The monoisotopic (exact) mass is 196 g/mol. The molecule has 2 aliphatic rings. The van der Waals surface area contributed by atoms with Crippen LogP contribution in [0.1, 0.15) is 38.5 Å². The molecule has 2 nitrogen and oxygen atoms in total. The van der Waals surface area contributed by atoms with Crippen LogP contribution in [0.2, 0.25) is 0 Å². The van der Waals surface area contributed by atoms with Crippen molar-refractivity contribution in [2.75, 3.05) is 13.2 Å². The van der Waals surface area contributed by atoms with Gasteiger partial charge in [0.1, 0.15) is 0 Å². The number of allylic oxidation sites excluding steroid dienone is 1. The summed E-state index contributed by atoms with van der Waals surface area (Å²) in [6.07, 6.45) is 9.32. The number of hydrogen-bond acceptors (Lipinski definition) is 2. The first-order chi connectivity index (χ1) is 6.82. The fraction of sp³-hybridized carbons (Fsp3) is 0.833. The topological polar surface area (TPSA) is 40.5 Å². The first-order valence-electron chi connectivity index (χ1n) is 5.75. The van der Waals surface area contributed by atoms with Crippen molar-refractivity contribution in [2.24, 2.45) is 11.3 Å². The molecule has 1 fully saturated rings. The second-order valence-corrected chi connectivity index (χ2v) is 4.78. The lowest BCUT2D eigenvalue weighted by molar-refractivity contribution is 0.0488. The number of fused-ring (bicyclic) bond motifs is 1. The second-order valence-electron chi connectivity index (χ2n) is 4.78. The molecule has 0 saturated heterocycles. The Morgan fingerprint density at radius 1 is 1.21 bits per heavy atom. The molecule has 2 N–H and O–H groups in total. The molecule has 1 unspecified atom stereocenters. The van der Waals surface area contributed by atoms with Crippen molar-refractivity contribution < 1.29 is 10.2 Å². The molecule has 0 aliphatic heterocycles. The Kier molecular flexibility index (Phi) is 2.93. The number of aliphatic hydroxyl groups is 2. The molecule has 14 heavy (non-hydrogen) atoms. The van der Waals surface area contributed by atoms with Gasteiger partial charge in [0.15, 0.2) is 0 Å². The van der Waals surface area contributed by atoms with Gasteiger partial charge >= 0.3 is 0 Å². The average Bonchev–Trinajstić information content (AvgIpc) is 2.28. The quantitative estimate of drug-likeness (QED) is 0.662. The van der Waals surface area contributed by atoms with Crippen LogP contribution in [0.15, 0.2) is 11.6 Å². The Morgan fingerprint density at radius 3 is 2.64 bits per heavy atom. The van der Waals surface area contributed by atoms with Crippen LogP contribution in [0.25, 0.3) is 0 Å². The maximum atomic E-state index is 9.48. The van der Waals surface area contributed by atoms with Gasteiger partial charge in [0.2, 0.25) is 0 Å². The molecule has 0 radical (unpaired) electrons. The van der Waals surface area contributed by atoms with Crippen LogP contribution in [-0.4, -0.2) is 23.4 Å². The van der Waals surface area contributed by atoms with Crippen molar-refractivity contribution in [3.63, 3.8) is 0 Å². The predicted octanol–water partition coefficient (Wildman–Crippen LogP) is 1.87. The molecule has 0 amide bonds. The highest BCUT2D eigenvalue weighted by Gasteiger charge is 2.40. The largest absolute Gasteiger partial charge is 0.395 e. The number of rotatable bonds is 2. The van der Waals surface area contributed by atoms with Crippen molar-refractivity contribution in [2.45, 2.75) is 38.5 Å². The molecule has 2 heteroatoms. The van der Waals surface area contributed by atoms with Crippen LogP contribution in [0.5, 0.6) is 0 Å². The van der Waals surface area contributed by atoms with E-state index < -0.39 is 0 Å². The molecule has 1 saturated carbocycles. The summed E-state index contributed by atoms with van der Waals surface area (Å²) in [6.45, 7) is 0.234. The van der Waals surface area contributed by atoms with Crippen molar-refractivity contribution in [1.82, 2.24) is 0 Å². The van der Waals surface area contributed by atoms with Gasteiger partial charge in [-0.2, -0.15) is 0 Å². The zero-order chi connectivity index (χ0) is 10.0. The van der Waals surface area contributed by atoms with Crippen LogP contribution in [0.3, 0.4) is 0 Å². The zero-order valence-electron chi connectivity index (χ0n) is 8.71. The van der Waals surface area contributed by atoms with Gasteiger partial charge in [-0.05, 0) is 38.0 Å². The summed E-state index contributed by atoms with van der Waals surface area (Å²) in [5.74, 6) is 0.650. The third kappa shape index (κ3) is 1.51. The Hall–Kier alpha value is -0.340. The lowest BCUT2D eigenvalue weighted by Crippen LogP contribution is -2.39. The SMILES string of the molecule is OCC1(CO)CCCC2CCCC=C21. The molecule has 80 valence electrons. The molecule has 0 spiro atoms. The second kappa shape index (κ2) is 4.03. The van der Waals surface area contributed by atoms with Crippen LogP contribution in [0, 0.1) is 11.3 Å². The molecule has 1 atom stereocenters. The number of hydrogen-bond donors (Lipinski definition) is 2. The fourth-order valence-corrected chi connectivity index (χ4v) is 3.12. The Bertz CT molecular complexity index is 228. The average molecular weight is 196 g/mol. The molecule has 0 heterocycles. The van der Waals surface area contributed by atoms with E-state index in [1.165, 1.54) is 24.8 Å². The van der Waals surface area contributed by atoms with E-state index in [0.29, 0.717) is 5.92 Å². The molecular formula is C12H20O2. The van der Waals surface area contributed by atoms with Crippen molar-refractivity contribution in [1.29, 1.82) is 0 Å². The van der Waals surface area contributed by atoms with Crippen molar-refractivity contribution in [3.05, 3.63) is 11.6 Å². The first-order valence-corrected chi connectivity index (χ1v) is 5.75. The van der Waals surface area contributed by atoms with Gasteiger partial charge in [-0.3, -0.25) is 0 Å². The highest BCUT2D eigenvalue weighted by atomic mass is 16.3. The lowest BCUT2D eigenvalue weighted by Gasteiger charge is -2.43. The summed E-state index contributed by atoms with van der Waals surface area (Å²) in [5, 5.41) is 19.0. The fourth-order valence-electron chi connectivity index (χ4n) is 3.12. The minimum Gasteiger partial charge on any atom is -0.395 e. The van der Waals surface area contributed by atoms with E-state index in [4.69, 9.17) is 0 Å². The maximum absolute atomic E-state index is 9.48. The highest BCUT2D eigenvalue weighted by molar-refractivity contribution is 5.22. The smallest absolute Gasteiger partial charge is 0.0546 e. The van der Waals surface area contributed by atoms with E-state index in [9.17, 15) is 10.2 Å². The van der Waals surface area contributed by atoms with E-state index in [-0.39, 0.29) is 18.6 Å². The normalized spacial score (nSPS) is 30.7. The molecule has 2 rings (SSSR count). The summed E-state index contributed by atoms with van der Waals surface area (Å²) in [7, 11) is 0. The van der Waals surface area contributed by atoms with E-state index in [2.05, 4.69) is 6.08 Å². The predicted molar refractivity (Wildman–Crippen MR) is 55.9 cm³/mol. The van der Waals surface area contributed by atoms with Crippen molar-refractivity contribution >= 4 is 0 Å². The summed E-state index contributed by atoms with van der Waals surface area (Å²) in [6, 6.07) is 0. The van der Waals surface area contributed by atoms with Gasteiger partial charge in [-0.15, -0.1) is 0 Å². The van der Waals surface area contributed by atoms with Crippen LogP contribution >= 0.6 is 0 Å². The minimum atomic E-state index is -0.274. The van der Waals surface area contributed by atoms with Gasteiger partial charge < -0.3 is 10.2 Å². The highest BCUT2D eigenvalue weighted by Crippen LogP contribution is 2.47. The van der Waals surface area contributed by atoms with Gasteiger partial charge in [0.25, 0.3) is 0 Å². The summed E-state index contributed by atoms with van der Waals surface area (Å²) >= 11 is 0. The number of aliphatic hydroxyl groups excluding tert-OH is 2. The third-order valence-electron chi connectivity index (χ3n) is 3.99.